The van der Waals surface area contributed by atoms with E-state index in [1.807, 2.05) is 0 Å². The van der Waals surface area contributed by atoms with E-state index in [0.717, 1.165) is 5.69 Å². The lowest BCUT2D eigenvalue weighted by molar-refractivity contribution is -0.0690. The first-order valence-electron chi connectivity index (χ1n) is 5.25. The molecule has 0 atom stereocenters. The second-order valence-electron chi connectivity index (χ2n) is 4.08. The van der Waals surface area contributed by atoms with E-state index < -0.39 is 5.41 Å². The quantitative estimate of drug-likeness (QED) is 0.893. The van der Waals surface area contributed by atoms with Crippen molar-refractivity contribution in [2.75, 3.05) is 32.2 Å². The lowest BCUT2D eigenvalue weighted by Crippen LogP contribution is -2.46. The number of hydrogen-bond donors (Lipinski definition) is 1. The number of ether oxygens (including phenoxy) is 2. The molecule has 0 radical (unpaired) electrons. The molecule has 1 aliphatic heterocycles. The van der Waals surface area contributed by atoms with Crippen molar-refractivity contribution in [3.63, 3.8) is 0 Å². The van der Waals surface area contributed by atoms with Crippen LogP contribution in [0.15, 0.2) is 18.2 Å². The predicted molar refractivity (Wildman–Crippen MR) is 65.4 cm³/mol. The van der Waals surface area contributed by atoms with Crippen LogP contribution < -0.4 is 10.1 Å². The number of methoxy groups -OCH3 is 1. The summed E-state index contributed by atoms with van der Waals surface area (Å²) in [5.74, 6) is 0.711. The molecule has 0 saturated carbocycles. The Morgan fingerprint density at radius 3 is 2.88 bits per heavy atom. The minimum atomic E-state index is -0.423. The van der Waals surface area contributed by atoms with E-state index >= 15 is 0 Å². The molecule has 0 aromatic heterocycles. The van der Waals surface area contributed by atoms with Crippen LogP contribution in [0.2, 0.25) is 5.02 Å². The summed E-state index contributed by atoms with van der Waals surface area (Å²) in [4.78, 5) is 0. The predicted octanol–water partition coefficient (Wildman–Crippen LogP) is 2.30. The highest BCUT2D eigenvalue weighted by molar-refractivity contribution is 6.30. The summed E-state index contributed by atoms with van der Waals surface area (Å²) in [6.45, 7) is 1.47. The highest BCUT2D eigenvalue weighted by atomic mass is 35.5. The van der Waals surface area contributed by atoms with Crippen LogP contribution >= 0.6 is 11.6 Å². The Bertz CT molecular complexity index is 452. The Morgan fingerprint density at radius 1 is 1.59 bits per heavy atom. The molecule has 5 heteroatoms. The van der Waals surface area contributed by atoms with Gasteiger partial charge in [-0.15, -0.1) is 0 Å². The smallest absolute Gasteiger partial charge is 0.142 e. The van der Waals surface area contributed by atoms with E-state index in [1.54, 1.807) is 25.3 Å². The molecule has 1 heterocycles. The van der Waals surface area contributed by atoms with Crippen LogP contribution in [-0.2, 0) is 4.74 Å². The Hall–Kier alpha value is -1.44. The van der Waals surface area contributed by atoms with Crippen LogP contribution in [0.25, 0.3) is 0 Å². The number of benzene rings is 1. The molecule has 17 heavy (non-hydrogen) atoms. The number of halogens is 1. The minimum absolute atomic E-state index is 0.423. The first-order chi connectivity index (χ1) is 8.19. The summed E-state index contributed by atoms with van der Waals surface area (Å²) in [5.41, 5.74) is 0.370. The van der Waals surface area contributed by atoms with Gasteiger partial charge >= 0.3 is 0 Å². The van der Waals surface area contributed by atoms with Crippen molar-refractivity contribution in [1.29, 1.82) is 5.26 Å². The lowest BCUT2D eigenvalue weighted by Gasteiger charge is -2.35. The van der Waals surface area contributed by atoms with E-state index in [1.165, 1.54) is 0 Å². The molecule has 1 N–H and O–H groups in total. The van der Waals surface area contributed by atoms with Gasteiger partial charge in [0.05, 0.1) is 32.1 Å². The van der Waals surface area contributed by atoms with Gasteiger partial charge in [-0.3, -0.25) is 0 Å². The zero-order chi connectivity index (χ0) is 12.3. The van der Waals surface area contributed by atoms with Crippen molar-refractivity contribution in [2.45, 2.75) is 0 Å². The highest BCUT2D eigenvalue weighted by Crippen LogP contribution is 2.31. The lowest BCUT2D eigenvalue weighted by atomic mass is 9.88. The van der Waals surface area contributed by atoms with E-state index in [9.17, 15) is 0 Å². The Labute approximate surface area is 105 Å². The van der Waals surface area contributed by atoms with E-state index in [0.29, 0.717) is 30.5 Å². The number of nitrogens with zero attached hydrogens (tertiary/aromatic N) is 1. The molecule has 0 spiro atoms. The summed E-state index contributed by atoms with van der Waals surface area (Å²) in [5, 5.41) is 12.9. The monoisotopic (exact) mass is 252 g/mol. The maximum atomic E-state index is 9.07. The third-order valence-corrected chi connectivity index (χ3v) is 3.01. The summed E-state index contributed by atoms with van der Waals surface area (Å²) >= 11 is 5.92. The molecule has 2 rings (SSSR count). The van der Waals surface area contributed by atoms with Crippen LogP contribution in [0, 0.1) is 16.7 Å². The van der Waals surface area contributed by atoms with Gasteiger partial charge in [0.15, 0.2) is 0 Å². The Morgan fingerprint density at radius 2 is 2.35 bits per heavy atom. The summed E-state index contributed by atoms with van der Waals surface area (Å²) < 4.78 is 10.3. The molecule has 90 valence electrons. The summed E-state index contributed by atoms with van der Waals surface area (Å²) in [6.07, 6.45) is 0. The van der Waals surface area contributed by atoms with Gasteiger partial charge in [0.2, 0.25) is 0 Å². The SMILES string of the molecule is COc1ccc(Cl)cc1NCC1(C#N)COC1. The molecule has 0 amide bonds. The van der Waals surface area contributed by atoms with E-state index in [2.05, 4.69) is 11.4 Å². The van der Waals surface area contributed by atoms with Gasteiger partial charge in [0.25, 0.3) is 0 Å². The topological polar surface area (TPSA) is 54.3 Å². The van der Waals surface area contributed by atoms with Gasteiger partial charge in [-0.05, 0) is 18.2 Å². The molecule has 1 aliphatic rings. The number of anilines is 1. The molecule has 0 unspecified atom stereocenters. The second-order valence-corrected chi connectivity index (χ2v) is 4.52. The Balaban J connectivity index is 2.08. The normalized spacial score (nSPS) is 16.8. The largest absolute Gasteiger partial charge is 0.495 e. The van der Waals surface area contributed by atoms with E-state index in [4.69, 9.17) is 26.3 Å². The van der Waals surface area contributed by atoms with Gasteiger partial charge < -0.3 is 14.8 Å². The van der Waals surface area contributed by atoms with Gasteiger partial charge in [-0.2, -0.15) is 5.26 Å². The van der Waals surface area contributed by atoms with Gasteiger partial charge in [0.1, 0.15) is 11.2 Å². The highest BCUT2D eigenvalue weighted by Gasteiger charge is 2.38. The fourth-order valence-corrected chi connectivity index (χ4v) is 1.81. The standard InChI is InChI=1S/C12H13ClN2O2/c1-16-11-3-2-9(13)4-10(11)15-6-12(5-14)7-17-8-12/h2-4,15H,6-8H2,1H3. The van der Waals surface area contributed by atoms with Crippen molar-refractivity contribution in [3.8, 4) is 11.8 Å². The minimum Gasteiger partial charge on any atom is -0.495 e. The number of hydrogen-bond acceptors (Lipinski definition) is 4. The second kappa shape index (κ2) is 4.82. The molecular formula is C12H13ClN2O2. The van der Waals surface area contributed by atoms with Crippen LogP contribution in [0.1, 0.15) is 0 Å². The summed E-state index contributed by atoms with van der Waals surface area (Å²) in [6, 6.07) is 7.61. The van der Waals surface area contributed by atoms with Crippen LogP contribution in [0.5, 0.6) is 5.75 Å². The van der Waals surface area contributed by atoms with Crippen molar-refractivity contribution >= 4 is 17.3 Å². The molecule has 1 saturated heterocycles. The maximum absolute atomic E-state index is 9.07. The molecule has 1 aromatic carbocycles. The molecule has 1 fully saturated rings. The Kier molecular flexibility index (Phi) is 3.41. The third-order valence-electron chi connectivity index (χ3n) is 2.77. The third kappa shape index (κ3) is 2.46. The van der Waals surface area contributed by atoms with Crippen molar-refractivity contribution < 1.29 is 9.47 Å². The average Bonchev–Trinajstić information content (AvgIpc) is 2.28. The first kappa shape index (κ1) is 12.0. The van der Waals surface area contributed by atoms with Gasteiger partial charge in [0, 0.05) is 11.6 Å². The zero-order valence-corrected chi connectivity index (χ0v) is 10.3. The zero-order valence-electron chi connectivity index (χ0n) is 9.50. The molecule has 0 bridgehead atoms. The molecule has 1 aromatic rings. The first-order valence-corrected chi connectivity index (χ1v) is 5.63. The molecular weight excluding hydrogens is 240 g/mol. The van der Waals surface area contributed by atoms with E-state index in [-0.39, 0.29) is 0 Å². The van der Waals surface area contributed by atoms with Gasteiger partial charge in [-0.25, -0.2) is 0 Å². The van der Waals surface area contributed by atoms with Crippen LogP contribution in [-0.4, -0.2) is 26.9 Å². The van der Waals surface area contributed by atoms with Crippen molar-refractivity contribution in [1.82, 2.24) is 0 Å². The number of rotatable bonds is 4. The summed E-state index contributed by atoms with van der Waals surface area (Å²) in [7, 11) is 1.60. The van der Waals surface area contributed by atoms with Crippen molar-refractivity contribution in [3.05, 3.63) is 23.2 Å². The van der Waals surface area contributed by atoms with Gasteiger partial charge in [-0.1, -0.05) is 11.6 Å². The fourth-order valence-electron chi connectivity index (χ4n) is 1.64. The molecule has 0 aliphatic carbocycles. The maximum Gasteiger partial charge on any atom is 0.142 e. The van der Waals surface area contributed by atoms with Crippen molar-refractivity contribution in [2.24, 2.45) is 5.41 Å². The van der Waals surface area contributed by atoms with Crippen LogP contribution in [0.4, 0.5) is 5.69 Å². The number of nitriles is 1. The average molecular weight is 253 g/mol. The fraction of sp³-hybridized carbons (Fsp3) is 0.417. The van der Waals surface area contributed by atoms with Crippen LogP contribution in [0.3, 0.4) is 0 Å². The number of nitrogens with one attached hydrogen (secondary N) is 1. The molecule has 4 nitrogen and oxygen atoms in total.